The quantitative estimate of drug-likeness (QED) is 0.682. The Kier molecular flexibility index (Phi) is 3.51. The zero-order valence-corrected chi connectivity index (χ0v) is 10.5. The van der Waals surface area contributed by atoms with Crippen molar-refractivity contribution in [2.75, 3.05) is 13.2 Å². The summed E-state index contributed by atoms with van der Waals surface area (Å²) in [5.74, 6) is 4.17. The van der Waals surface area contributed by atoms with Crippen molar-refractivity contribution in [1.82, 2.24) is 0 Å². The highest BCUT2D eigenvalue weighted by molar-refractivity contribution is 4.84. The first-order valence-corrected chi connectivity index (χ1v) is 7.49. The highest BCUT2D eigenvalue weighted by atomic mass is 16.5. The van der Waals surface area contributed by atoms with Gasteiger partial charge in [0.2, 0.25) is 0 Å². The summed E-state index contributed by atoms with van der Waals surface area (Å²) in [6, 6.07) is 0. The number of hydrogen-bond donors (Lipinski definition) is 0. The molecule has 0 spiro atoms. The zero-order chi connectivity index (χ0) is 10.8. The Bertz CT molecular complexity index is 211. The molecule has 0 N–H and O–H groups in total. The molecule has 1 aliphatic heterocycles. The first-order valence-electron chi connectivity index (χ1n) is 7.49. The Morgan fingerprint density at radius 2 is 1.50 bits per heavy atom. The minimum Gasteiger partial charge on any atom is -0.381 e. The maximum atomic E-state index is 5.34. The van der Waals surface area contributed by atoms with Crippen LogP contribution in [-0.4, -0.2) is 13.2 Å². The Labute approximate surface area is 99.9 Å². The van der Waals surface area contributed by atoms with E-state index in [1.54, 1.807) is 6.42 Å². The summed E-state index contributed by atoms with van der Waals surface area (Å²) in [4.78, 5) is 0. The number of rotatable bonds is 5. The van der Waals surface area contributed by atoms with Crippen molar-refractivity contribution in [2.24, 2.45) is 23.7 Å². The maximum Gasteiger partial charge on any atom is 0.0516 e. The fourth-order valence-corrected chi connectivity index (χ4v) is 3.92. The lowest BCUT2D eigenvalue weighted by Crippen LogP contribution is -2.33. The van der Waals surface area contributed by atoms with Crippen molar-refractivity contribution < 1.29 is 4.74 Å². The lowest BCUT2D eigenvalue weighted by atomic mass is 9.69. The second-order valence-electron chi connectivity index (χ2n) is 6.48. The average Bonchev–Trinajstić information content (AvgIpc) is 2.60. The average molecular weight is 222 g/mol. The van der Waals surface area contributed by atoms with Gasteiger partial charge in [-0.3, -0.25) is 0 Å². The highest BCUT2D eigenvalue weighted by Gasteiger charge is 2.33. The molecule has 2 saturated carbocycles. The van der Waals surface area contributed by atoms with Crippen molar-refractivity contribution in [3.63, 3.8) is 0 Å². The molecule has 1 unspecified atom stereocenters. The second-order valence-corrected chi connectivity index (χ2v) is 6.48. The van der Waals surface area contributed by atoms with Gasteiger partial charge in [0.1, 0.15) is 0 Å². The molecule has 0 aromatic rings. The van der Waals surface area contributed by atoms with Crippen LogP contribution < -0.4 is 0 Å². The molecule has 1 heteroatoms. The SMILES string of the molecule is C1CCC(CC(CC2COC2)C2CCC2)C1. The summed E-state index contributed by atoms with van der Waals surface area (Å²) < 4.78 is 5.34. The third-order valence-electron chi connectivity index (χ3n) is 5.27. The van der Waals surface area contributed by atoms with Gasteiger partial charge in [-0.15, -0.1) is 0 Å². The first kappa shape index (κ1) is 11.1. The van der Waals surface area contributed by atoms with Gasteiger partial charge < -0.3 is 4.74 Å². The van der Waals surface area contributed by atoms with Crippen LogP contribution in [0.15, 0.2) is 0 Å². The van der Waals surface area contributed by atoms with Gasteiger partial charge in [0, 0.05) is 5.92 Å². The van der Waals surface area contributed by atoms with Crippen LogP contribution in [0, 0.1) is 23.7 Å². The van der Waals surface area contributed by atoms with Crippen molar-refractivity contribution >= 4 is 0 Å². The molecule has 0 bridgehead atoms. The minimum atomic E-state index is 0.923. The van der Waals surface area contributed by atoms with Gasteiger partial charge in [0.15, 0.2) is 0 Å². The lowest BCUT2D eigenvalue weighted by molar-refractivity contribution is -0.0512. The van der Waals surface area contributed by atoms with Crippen molar-refractivity contribution in [2.45, 2.75) is 57.8 Å². The Morgan fingerprint density at radius 3 is 2.00 bits per heavy atom. The topological polar surface area (TPSA) is 9.23 Å². The molecule has 1 heterocycles. The molecule has 16 heavy (non-hydrogen) atoms. The van der Waals surface area contributed by atoms with Gasteiger partial charge in [-0.05, 0) is 30.6 Å². The van der Waals surface area contributed by atoms with Gasteiger partial charge in [-0.25, -0.2) is 0 Å². The zero-order valence-electron chi connectivity index (χ0n) is 10.5. The van der Waals surface area contributed by atoms with E-state index in [1.807, 2.05) is 0 Å². The second kappa shape index (κ2) is 5.08. The fraction of sp³-hybridized carbons (Fsp3) is 1.00. The van der Waals surface area contributed by atoms with Gasteiger partial charge in [-0.1, -0.05) is 44.9 Å². The molecule has 0 aromatic heterocycles. The largest absolute Gasteiger partial charge is 0.381 e. The molecule has 1 saturated heterocycles. The van der Waals surface area contributed by atoms with Crippen LogP contribution in [0.4, 0.5) is 0 Å². The van der Waals surface area contributed by atoms with Gasteiger partial charge in [0.25, 0.3) is 0 Å². The summed E-state index contributed by atoms with van der Waals surface area (Å²) in [6.07, 6.45) is 13.7. The Morgan fingerprint density at radius 1 is 0.812 bits per heavy atom. The monoisotopic (exact) mass is 222 g/mol. The summed E-state index contributed by atoms with van der Waals surface area (Å²) in [5, 5.41) is 0. The summed E-state index contributed by atoms with van der Waals surface area (Å²) in [5.41, 5.74) is 0. The standard InChI is InChI=1S/C15H26O/c1-2-5-12(4-1)8-15(14-6-3-7-14)9-13-10-16-11-13/h12-15H,1-11H2. The third kappa shape index (κ3) is 2.45. The van der Waals surface area contributed by atoms with E-state index < -0.39 is 0 Å². The summed E-state index contributed by atoms with van der Waals surface area (Å²) in [7, 11) is 0. The van der Waals surface area contributed by atoms with Crippen LogP contribution in [0.5, 0.6) is 0 Å². The molecule has 3 rings (SSSR count). The van der Waals surface area contributed by atoms with Gasteiger partial charge in [0.05, 0.1) is 13.2 Å². The van der Waals surface area contributed by atoms with E-state index in [1.165, 1.54) is 51.4 Å². The van der Waals surface area contributed by atoms with Crippen LogP contribution in [0.25, 0.3) is 0 Å². The number of ether oxygens (including phenoxy) is 1. The van der Waals surface area contributed by atoms with Gasteiger partial charge >= 0.3 is 0 Å². The first-order chi connectivity index (χ1) is 7.92. The third-order valence-corrected chi connectivity index (χ3v) is 5.27. The normalized spacial score (nSPS) is 30.0. The maximum absolute atomic E-state index is 5.34. The fourth-order valence-electron chi connectivity index (χ4n) is 3.92. The Hall–Kier alpha value is -0.0400. The molecule has 2 aliphatic carbocycles. The van der Waals surface area contributed by atoms with Crippen LogP contribution in [0.2, 0.25) is 0 Å². The lowest BCUT2D eigenvalue weighted by Gasteiger charge is -2.39. The van der Waals surface area contributed by atoms with Crippen molar-refractivity contribution in [3.8, 4) is 0 Å². The predicted molar refractivity (Wildman–Crippen MR) is 66.3 cm³/mol. The van der Waals surface area contributed by atoms with Crippen LogP contribution in [0.3, 0.4) is 0 Å². The van der Waals surface area contributed by atoms with Crippen molar-refractivity contribution in [3.05, 3.63) is 0 Å². The molecule has 0 radical (unpaired) electrons. The summed E-state index contributed by atoms with van der Waals surface area (Å²) in [6.45, 7) is 2.13. The van der Waals surface area contributed by atoms with E-state index in [-0.39, 0.29) is 0 Å². The number of hydrogen-bond acceptors (Lipinski definition) is 1. The van der Waals surface area contributed by atoms with E-state index in [2.05, 4.69) is 0 Å². The van der Waals surface area contributed by atoms with Crippen molar-refractivity contribution in [1.29, 1.82) is 0 Å². The van der Waals surface area contributed by atoms with Gasteiger partial charge in [-0.2, -0.15) is 0 Å². The van der Waals surface area contributed by atoms with E-state index in [9.17, 15) is 0 Å². The molecule has 1 atom stereocenters. The van der Waals surface area contributed by atoms with Crippen LogP contribution in [-0.2, 0) is 4.74 Å². The highest BCUT2D eigenvalue weighted by Crippen LogP contribution is 2.43. The smallest absolute Gasteiger partial charge is 0.0516 e. The molecule has 1 nitrogen and oxygen atoms in total. The van der Waals surface area contributed by atoms with E-state index in [0.717, 1.165) is 36.9 Å². The van der Waals surface area contributed by atoms with E-state index >= 15 is 0 Å². The molecule has 3 aliphatic rings. The molecular formula is C15H26O. The van der Waals surface area contributed by atoms with Crippen LogP contribution in [0.1, 0.15) is 57.8 Å². The van der Waals surface area contributed by atoms with E-state index in [0.29, 0.717) is 0 Å². The van der Waals surface area contributed by atoms with Crippen LogP contribution >= 0.6 is 0 Å². The predicted octanol–water partition coefficient (Wildman–Crippen LogP) is 4.02. The Balaban J connectivity index is 1.50. The molecule has 0 aromatic carbocycles. The molecule has 0 amide bonds. The van der Waals surface area contributed by atoms with E-state index in [4.69, 9.17) is 4.74 Å². The molecular weight excluding hydrogens is 196 g/mol. The minimum absolute atomic E-state index is 0.923. The molecule has 92 valence electrons. The summed E-state index contributed by atoms with van der Waals surface area (Å²) >= 11 is 0. The molecule has 3 fully saturated rings.